The van der Waals surface area contributed by atoms with Crippen LogP contribution in [0.25, 0.3) is 0 Å². The molecule has 0 unspecified atom stereocenters. The van der Waals surface area contributed by atoms with Gasteiger partial charge in [-0.3, -0.25) is 25.2 Å². The number of phenolic OH excluding ortho intramolecular Hbond substituents is 1. The number of hydrazone groups is 1. The van der Waals surface area contributed by atoms with Crippen molar-refractivity contribution in [1.82, 2.24) is 16.3 Å². The molecule has 34 heavy (non-hydrogen) atoms. The van der Waals surface area contributed by atoms with E-state index in [1.54, 1.807) is 19.1 Å². The van der Waals surface area contributed by atoms with Gasteiger partial charge in [0.15, 0.2) is 5.76 Å². The van der Waals surface area contributed by atoms with E-state index in [1.807, 2.05) is 19.1 Å². The Labute approximate surface area is 195 Å². The number of hydrogen-bond acceptors (Lipinski definition) is 6. The summed E-state index contributed by atoms with van der Waals surface area (Å²) >= 11 is 0. The van der Waals surface area contributed by atoms with Crippen LogP contribution in [0.2, 0.25) is 0 Å². The van der Waals surface area contributed by atoms with Gasteiger partial charge in [-0.1, -0.05) is 17.7 Å². The van der Waals surface area contributed by atoms with Gasteiger partial charge in [0.1, 0.15) is 11.5 Å². The number of hydrogen-bond donors (Lipinski definition) is 4. The number of aromatic hydroxyl groups is 1. The molecule has 0 aliphatic heterocycles. The summed E-state index contributed by atoms with van der Waals surface area (Å²) in [6, 6.07) is 12.8. The van der Waals surface area contributed by atoms with E-state index in [0.717, 1.165) is 12.0 Å². The molecule has 1 aliphatic rings. The molecule has 4 N–H and O–H groups in total. The number of nitrogens with zero attached hydrogens (tertiary/aromatic N) is 1. The molecular weight excluding hydrogens is 436 g/mol. The molecule has 0 saturated carbocycles. The first-order valence-corrected chi connectivity index (χ1v) is 10.8. The van der Waals surface area contributed by atoms with Gasteiger partial charge in [-0.2, -0.15) is 5.10 Å². The van der Waals surface area contributed by atoms with Crippen LogP contribution in [0, 0.1) is 13.8 Å². The monoisotopic (exact) mass is 460 g/mol. The van der Waals surface area contributed by atoms with E-state index in [2.05, 4.69) is 21.4 Å². The molecule has 1 heterocycles. The highest BCUT2D eigenvalue weighted by Crippen LogP contribution is 2.29. The Hall–Kier alpha value is -4.40. The number of phenols is 1. The molecule has 3 amide bonds. The Bertz CT molecular complexity index is 1270. The zero-order valence-electron chi connectivity index (χ0n) is 18.8. The van der Waals surface area contributed by atoms with Gasteiger partial charge in [0, 0.05) is 28.7 Å². The number of aryl methyl sites for hydroxylation is 2. The van der Waals surface area contributed by atoms with Crippen molar-refractivity contribution in [2.45, 2.75) is 33.1 Å². The van der Waals surface area contributed by atoms with Crippen molar-refractivity contribution in [3.05, 3.63) is 87.9 Å². The van der Waals surface area contributed by atoms with Gasteiger partial charge >= 0.3 is 5.91 Å². The SMILES string of the molecule is Cc1ccc(C(=O)NNC(=O)c2oc3c(c2C)/C(=N/NC(=O)c2ccc(O)cc2)CCC3)cc1. The van der Waals surface area contributed by atoms with Crippen molar-refractivity contribution in [3.63, 3.8) is 0 Å². The fourth-order valence-electron chi connectivity index (χ4n) is 3.74. The van der Waals surface area contributed by atoms with Gasteiger partial charge in [0.05, 0.1) is 5.71 Å². The Morgan fingerprint density at radius 2 is 1.47 bits per heavy atom. The summed E-state index contributed by atoms with van der Waals surface area (Å²) in [6.07, 6.45) is 1.98. The molecule has 4 rings (SSSR count). The molecule has 0 spiro atoms. The number of nitrogens with one attached hydrogen (secondary N) is 3. The van der Waals surface area contributed by atoms with E-state index in [1.165, 1.54) is 24.3 Å². The molecule has 0 fully saturated rings. The smallest absolute Gasteiger partial charge is 0.305 e. The zero-order chi connectivity index (χ0) is 24.2. The van der Waals surface area contributed by atoms with Gasteiger partial charge in [0.2, 0.25) is 0 Å². The number of furan rings is 1. The first kappa shape index (κ1) is 22.8. The lowest BCUT2D eigenvalue weighted by Crippen LogP contribution is -2.41. The normalized spacial score (nSPS) is 13.8. The maximum Gasteiger partial charge on any atom is 0.305 e. The fourth-order valence-corrected chi connectivity index (χ4v) is 3.74. The Balaban J connectivity index is 1.47. The number of fused-ring (bicyclic) bond motifs is 1. The fraction of sp³-hybridized carbons (Fsp3) is 0.200. The van der Waals surface area contributed by atoms with Gasteiger partial charge < -0.3 is 9.52 Å². The van der Waals surface area contributed by atoms with E-state index < -0.39 is 17.7 Å². The van der Waals surface area contributed by atoms with Crippen molar-refractivity contribution in [3.8, 4) is 5.75 Å². The molecule has 1 aliphatic carbocycles. The van der Waals surface area contributed by atoms with Crippen LogP contribution >= 0.6 is 0 Å². The predicted octanol–water partition coefficient (Wildman–Crippen LogP) is 3.15. The van der Waals surface area contributed by atoms with E-state index in [-0.39, 0.29) is 11.5 Å². The van der Waals surface area contributed by atoms with Crippen molar-refractivity contribution < 1.29 is 23.9 Å². The summed E-state index contributed by atoms with van der Waals surface area (Å²) in [5.41, 5.74) is 11.0. The number of amides is 3. The highest BCUT2D eigenvalue weighted by Gasteiger charge is 2.28. The number of hydrazine groups is 1. The lowest BCUT2D eigenvalue weighted by atomic mass is 9.93. The third-order valence-electron chi connectivity index (χ3n) is 5.56. The van der Waals surface area contributed by atoms with Gasteiger partial charge in [0.25, 0.3) is 11.8 Å². The highest BCUT2D eigenvalue weighted by molar-refractivity contribution is 6.07. The molecule has 0 bridgehead atoms. The third kappa shape index (κ3) is 4.83. The van der Waals surface area contributed by atoms with Crippen LogP contribution in [0.4, 0.5) is 0 Å². The summed E-state index contributed by atoms with van der Waals surface area (Å²) in [7, 11) is 0. The Kier molecular flexibility index (Phi) is 6.44. The van der Waals surface area contributed by atoms with Crippen molar-refractivity contribution in [1.29, 1.82) is 0 Å². The zero-order valence-corrected chi connectivity index (χ0v) is 18.8. The average Bonchev–Trinajstić information content (AvgIpc) is 3.18. The summed E-state index contributed by atoms with van der Waals surface area (Å²) in [4.78, 5) is 37.4. The molecule has 1 aromatic heterocycles. The standard InChI is InChI=1S/C25H24N4O5/c1-14-6-8-16(9-7-14)24(32)28-29-25(33)22-15(2)21-19(4-3-5-20(21)34-22)26-27-23(31)17-10-12-18(30)13-11-17/h6-13,30H,3-5H2,1-2H3,(H,27,31)(H,28,32)(H,29,33)/b26-19+. The molecular formula is C25H24N4O5. The minimum Gasteiger partial charge on any atom is -0.508 e. The van der Waals surface area contributed by atoms with Crippen LogP contribution in [0.15, 0.2) is 58.0 Å². The largest absolute Gasteiger partial charge is 0.508 e. The minimum atomic E-state index is -0.583. The molecule has 3 aromatic rings. The maximum absolute atomic E-state index is 12.7. The first-order chi connectivity index (χ1) is 16.3. The van der Waals surface area contributed by atoms with Crippen LogP contribution in [-0.4, -0.2) is 28.5 Å². The highest BCUT2D eigenvalue weighted by atomic mass is 16.4. The Morgan fingerprint density at radius 3 is 2.18 bits per heavy atom. The van der Waals surface area contributed by atoms with Crippen LogP contribution < -0.4 is 16.3 Å². The number of benzene rings is 2. The second-order valence-corrected chi connectivity index (χ2v) is 8.03. The minimum absolute atomic E-state index is 0.0645. The molecule has 0 saturated heterocycles. The van der Waals surface area contributed by atoms with Crippen LogP contribution in [-0.2, 0) is 6.42 Å². The molecule has 0 radical (unpaired) electrons. The van der Waals surface area contributed by atoms with Gasteiger partial charge in [-0.25, -0.2) is 5.43 Å². The first-order valence-electron chi connectivity index (χ1n) is 10.8. The van der Waals surface area contributed by atoms with Crippen LogP contribution in [0.3, 0.4) is 0 Å². The summed E-state index contributed by atoms with van der Waals surface area (Å²) in [5.74, 6) is -0.696. The topological polar surface area (TPSA) is 133 Å². The van der Waals surface area contributed by atoms with E-state index in [4.69, 9.17) is 4.42 Å². The molecule has 9 nitrogen and oxygen atoms in total. The molecule has 0 atom stereocenters. The maximum atomic E-state index is 12.7. The van der Waals surface area contributed by atoms with Crippen molar-refractivity contribution >= 4 is 23.4 Å². The van der Waals surface area contributed by atoms with Crippen molar-refractivity contribution in [2.75, 3.05) is 0 Å². The van der Waals surface area contributed by atoms with Gasteiger partial charge in [-0.15, -0.1) is 0 Å². The van der Waals surface area contributed by atoms with Gasteiger partial charge in [-0.05, 0) is 63.1 Å². The van der Waals surface area contributed by atoms with E-state index in [0.29, 0.717) is 46.6 Å². The summed E-state index contributed by atoms with van der Waals surface area (Å²) in [6.45, 7) is 3.66. The predicted molar refractivity (Wildman–Crippen MR) is 125 cm³/mol. The van der Waals surface area contributed by atoms with Crippen molar-refractivity contribution in [2.24, 2.45) is 5.10 Å². The summed E-state index contributed by atoms with van der Waals surface area (Å²) < 4.78 is 5.80. The summed E-state index contributed by atoms with van der Waals surface area (Å²) in [5, 5.41) is 13.6. The average molecular weight is 460 g/mol. The van der Waals surface area contributed by atoms with E-state index in [9.17, 15) is 19.5 Å². The van der Waals surface area contributed by atoms with Crippen LogP contribution in [0.5, 0.6) is 5.75 Å². The lowest BCUT2D eigenvalue weighted by Gasteiger charge is -2.13. The van der Waals surface area contributed by atoms with E-state index >= 15 is 0 Å². The quantitative estimate of drug-likeness (QED) is 0.444. The number of carbonyl (C=O) groups is 3. The molecule has 9 heteroatoms. The number of carbonyl (C=O) groups excluding carboxylic acids is 3. The second-order valence-electron chi connectivity index (χ2n) is 8.03. The lowest BCUT2D eigenvalue weighted by molar-refractivity contribution is 0.0829. The molecule has 2 aromatic carbocycles. The molecule has 174 valence electrons. The Morgan fingerprint density at radius 1 is 0.853 bits per heavy atom. The number of rotatable bonds is 4. The third-order valence-corrected chi connectivity index (χ3v) is 5.56. The second kappa shape index (κ2) is 9.62. The van der Waals surface area contributed by atoms with Crippen LogP contribution in [0.1, 0.15) is 66.6 Å².